The predicted octanol–water partition coefficient (Wildman–Crippen LogP) is 1.23. The first-order valence-corrected chi connectivity index (χ1v) is 6.92. The third-order valence-electron chi connectivity index (χ3n) is 4.38. The molecule has 1 N–H and O–H groups in total. The second-order valence-corrected chi connectivity index (χ2v) is 5.96. The number of nitrogens with zero attached hydrogens (tertiary/aromatic N) is 3. The van der Waals surface area contributed by atoms with Gasteiger partial charge in [-0.1, -0.05) is 19.0 Å². The number of hydrogen-bond acceptors (Lipinski definition) is 5. The van der Waals surface area contributed by atoms with E-state index >= 15 is 0 Å². The molecule has 2 aliphatic heterocycles. The maximum Gasteiger partial charge on any atom is 0.229 e. The highest BCUT2D eigenvalue weighted by molar-refractivity contribution is 4.99. The molecule has 100 valence electrons. The van der Waals surface area contributed by atoms with Gasteiger partial charge in [0.05, 0.1) is 6.54 Å². The van der Waals surface area contributed by atoms with Crippen molar-refractivity contribution in [3.8, 4) is 0 Å². The minimum absolute atomic E-state index is 0.311. The largest absolute Gasteiger partial charge is 0.339 e. The van der Waals surface area contributed by atoms with Crippen molar-refractivity contribution in [3.63, 3.8) is 0 Å². The Bertz CT molecular complexity index is 417. The fraction of sp³-hybridized carbons (Fsp3) is 0.846. The topological polar surface area (TPSA) is 54.2 Å². The summed E-state index contributed by atoms with van der Waals surface area (Å²) in [6.45, 7) is 10.8. The fourth-order valence-electron chi connectivity index (χ4n) is 3.21. The average Bonchev–Trinajstić information content (AvgIpc) is 2.99. The molecular formula is C13H22N4O. The third kappa shape index (κ3) is 2.06. The summed E-state index contributed by atoms with van der Waals surface area (Å²) < 4.78 is 5.27. The van der Waals surface area contributed by atoms with E-state index in [4.69, 9.17) is 4.52 Å². The number of rotatable bonds is 3. The Labute approximate surface area is 108 Å². The zero-order chi connectivity index (χ0) is 12.7. The molecule has 0 amide bonds. The van der Waals surface area contributed by atoms with Gasteiger partial charge in [0, 0.05) is 18.5 Å². The van der Waals surface area contributed by atoms with Crippen LogP contribution in [0.25, 0.3) is 0 Å². The highest BCUT2D eigenvalue weighted by Gasteiger charge is 2.41. The summed E-state index contributed by atoms with van der Waals surface area (Å²) in [5.74, 6) is 3.49. The summed E-state index contributed by atoms with van der Waals surface area (Å²) in [6.07, 6.45) is 0. The Kier molecular flexibility index (Phi) is 3.11. The van der Waals surface area contributed by atoms with Crippen molar-refractivity contribution in [3.05, 3.63) is 11.7 Å². The van der Waals surface area contributed by atoms with Gasteiger partial charge in [-0.15, -0.1) is 0 Å². The summed E-state index contributed by atoms with van der Waals surface area (Å²) in [5.41, 5.74) is 0. The van der Waals surface area contributed by atoms with Gasteiger partial charge in [0.2, 0.25) is 5.89 Å². The van der Waals surface area contributed by atoms with Crippen LogP contribution in [0.4, 0.5) is 0 Å². The lowest BCUT2D eigenvalue weighted by Gasteiger charge is -2.22. The molecule has 3 atom stereocenters. The lowest BCUT2D eigenvalue weighted by molar-refractivity contribution is 0.222. The minimum Gasteiger partial charge on any atom is -0.339 e. The zero-order valence-corrected chi connectivity index (χ0v) is 11.4. The molecule has 0 aliphatic carbocycles. The summed E-state index contributed by atoms with van der Waals surface area (Å²) in [6, 6.07) is 0.617. The highest BCUT2D eigenvalue weighted by Crippen LogP contribution is 2.32. The first kappa shape index (κ1) is 12.1. The molecule has 2 saturated heterocycles. The number of hydrogen-bond donors (Lipinski definition) is 1. The lowest BCUT2D eigenvalue weighted by Crippen LogP contribution is -2.33. The number of likely N-dealkylation sites (tertiary alicyclic amines) is 1. The second-order valence-electron chi connectivity index (χ2n) is 5.96. The van der Waals surface area contributed by atoms with E-state index in [1.165, 1.54) is 0 Å². The highest BCUT2D eigenvalue weighted by atomic mass is 16.5. The standard InChI is InChI=1S/C13H22N4O/c1-8(2)13-15-12(16-18-13)7-17-6-10-4-14-5-11(10)9(17)3/h8-11,14H,4-7H2,1-3H3. The van der Waals surface area contributed by atoms with E-state index in [2.05, 4.69) is 41.1 Å². The van der Waals surface area contributed by atoms with Crippen molar-refractivity contribution in [2.45, 2.75) is 39.3 Å². The Hall–Kier alpha value is -0.940. The van der Waals surface area contributed by atoms with Crippen LogP contribution in [0.3, 0.4) is 0 Å². The van der Waals surface area contributed by atoms with E-state index in [1.54, 1.807) is 0 Å². The third-order valence-corrected chi connectivity index (χ3v) is 4.38. The van der Waals surface area contributed by atoms with Gasteiger partial charge < -0.3 is 9.84 Å². The molecule has 5 nitrogen and oxygen atoms in total. The van der Waals surface area contributed by atoms with E-state index in [9.17, 15) is 0 Å². The van der Waals surface area contributed by atoms with Crippen LogP contribution >= 0.6 is 0 Å². The Balaban J connectivity index is 1.66. The maximum atomic E-state index is 5.27. The molecule has 0 saturated carbocycles. The molecule has 2 aliphatic rings. The van der Waals surface area contributed by atoms with E-state index in [0.29, 0.717) is 12.0 Å². The van der Waals surface area contributed by atoms with Gasteiger partial charge in [0.15, 0.2) is 5.82 Å². The monoisotopic (exact) mass is 250 g/mol. The normalized spacial score (nSPS) is 32.3. The van der Waals surface area contributed by atoms with Crippen LogP contribution in [-0.4, -0.2) is 40.7 Å². The number of fused-ring (bicyclic) bond motifs is 1. The van der Waals surface area contributed by atoms with Crippen LogP contribution in [-0.2, 0) is 6.54 Å². The molecule has 1 aromatic rings. The van der Waals surface area contributed by atoms with E-state index in [-0.39, 0.29) is 0 Å². The van der Waals surface area contributed by atoms with Crippen LogP contribution in [0.2, 0.25) is 0 Å². The molecule has 1 aromatic heterocycles. The van der Waals surface area contributed by atoms with Crippen molar-refractivity contribution in [2.24, 2.45) is 11.8 Å². The summed E-state index contributed by atoms with van der Waals surface area (Å²) in [7, 11) is 0. The average molecular weight is 250 g/mol. The van der Waals surface area contributed by atoms with Crippen LogP contribution in [0.1, 0.15) is 38.4 Å². The molecule has 0 spiro atoms. The van der Waals surface area contributed by atoms with Gasteiger partial charge in [-0.2, -0.15) is 4.98 Å². The van der Waals surface area contributed by atoms with Gasteiger partial charge >= 0.3 is 0 Å². The van der Waals surface area contributed by atoms with Crippen molar-refractivity contribution in [2.75, 3.05) is 19.6 Å². The first-order valence-electron chi connectivity index (χ1n) is 6.92. The molecule has 2 fully saturated rings. The fourth-order valence-corrected chi connectivity index (χ4v) is 3.21. The summed E-state index contributed by atoms with van der Waals surface area (Å²) >= 11 is 0. The molecule has 0 radical (unpaired) electrons. The van der Waals surface area contributed by atoms with Gasteiger partial charge in [0.1, 0.15) is 0 Å². The Morgan fingerprint density at radius 1 is 1.44 bits per heavy atom. The first-order chi connectivity index (χ1) is 8.65. The van der Waals surface area contributed by atoms with Crippen LogP contribution in [0.5, 0.6) is 0 Å². The summed E-state index contributed by atoms with van der Waals surface area (Å²) in [5, 5.41) is 7.57. The van der Waals surface area contributed by atoms with Crippen LogP contribution in [0.15, 0.2) is 4.52 Å². The van der Waals surface area contributed by atoms with Gasteiger partial charge in [-0.3, -0.25) is 4.90 Å². The van der Waals surface area contributed by atoms with E-state index in [1.807, 2.05) is 0 Å². The van der Waals surface area contributed by atoms with Crippen molar-refractivity contribution in [1.29, 1.82) is 0 Å². The molecule has 18 heavy (non-hydrogen) atoms. The van der Waals surface area contributed by atoms with E-state index in [0.717, 1.165) is 49.7 Å². The molecule has 5 heteroatoms. The van der Waals surface area contributed by atoms with Crippen molar-refractivity contribution in [1.82, 2.24) is 20.4 Å². The van der Waals surface area contributed by atoms with Crippen molar-refractivity contribution < 1.29 is 4.52 Å². The van der Waals surface area contributed by atoms with Crippen LogP contribution in [0, 0.1) is 11.8 Å². The quantitative estimate of drug-likeness (QED) is 0.874. The zero-order valence-electron chi connectivity index (χ0n) is 11.4. The SMILES string of the molecule is CC(C)c1nc(CN2CC3CNCC3C2C)no1. The molecule has 3 heterocycles. The Morgan fingerprint density at radius 3 is 2.94 bits per heavy atom. The Morgan fingerprint density at radius 2 is 2.28 bits per heavy atom. The summed E-state index contributed by atoms with van der Waals surface area (Å²) in [4.78, 5) is 6.96. The molecule has 3 unspecified atom stereocenters. The van der Waals surface area contributed by atoms with E-state index < -0.39 is 0 Å². The lowest BCUT2D eigenvalue weighted by atomic mass is 9.95. The molecular weight excluding hydrogens is 228 g/mol. The maximum absolute atomic E-state index is 5.27. The molecule has 0 aromatic carbocycles. The van der Waals surface area contributed by atoms with Crippen LogP contribution < -0.4 is 5.32 Å². The molecule has 3 rings (SSSR count). The minimum atomic E-state index is 0.311. The predicted molar refractivity (Wildman–Crippen MR) is 68.1 cm³/mol. The van der Waals surface area contributed by atoms with Gasteiger partial charge in [-0.05, 0) is 31.8 Å². The van der Waals surface area contributed by atoms with Crippen molar-refractivity contribution >= 4 is 0 Å². The number of aromatic nitrogens is 2. The van der Waals surface area contributed by atoms with Gasteiger partial charge in [0.25, 0.3) is 0 Å². The second kappa shape index (κ2) is 4.63. The van der Waals surface area contributed by atoms with Gasteiger partial charge in [-0.25, -0.2) is 0 Å². The number of nitrogens with one attached hydrogen (secondary N) is 1. The smallest absolute Gasteiger partial charge is 0.229 e. The molecule has 0 bridgehead atoms.